The number of hydrogen-bond acceptors (Lipinski definition) is 6. The third-order valence-electron chi connectivity index (χ3n) is 4.01. The average molecular weight is 377 g/mol. The van der Waals surface area contributed by atoms with E-state index >= 15 is 0 Å². The molecule has 1 aromatic heterocycles. The van der Waals surface area contributed by atoms with Crippen molar-refractivity contribution in [2.24, 2.45) is 4.99 Å². The first-order valence-electron chi connectivity index (χ1n) is 8.14. The number of thiazole rings is 1. The molecule has 1 aliphatic heterocycles. The van der Waals surface area contributed by atoms with Crippen molar-refractivity contribution < 1.29 is 14.6 Å². The first-order valence-corrected chi connectivity index (χ1v) is 9.02. The Balaban J connectivity index is 1.80. The number of aromatic hydroxyl groups is 1. The minimum Gasteiger partial charge on any atom is -0.504 e. The number of phenols is 1. The van der Waals surface area contributed by atoms with Gasteiger partial charge < -0.3 is 9.84 Å². The molecule has 2 heterocycles. The van der Waals surface area contributed by atoms with Crippen LogP contribution in [0.2, 0.25) is 0 Å². The van der Waals surface area contributed by atoms with Crippen LogP contribution in [0.3, 0.4) is 0 Å². The maximum Gasteiger partial charge on any atom is 0.284 e. The zero-order valence-electron chi connectivity index (χ0n) is 14.4. The number of benzene rings is 2. The number of aliphatic imine (C=N–C) groups is 1. The van der Waals surface area contributed by atoms with Crippen molar-refractivity contribution in [3.63, 3.8) is 0 Å². The molecule has 3 aromatic rings. The summed E-state index contributed by atoms with van der Waals surface area (Å²) in [6.45, 7) is 0. The zero-order chi connectivity index (χ0) is 18.8. The molecule has 0 spiro atoms. The number of methoxy groups -OCH3 is 1. The molecule has 7 heteroatoms. The number of anilines is 1. The Labute approximate surface area is 159 Å². The van der Waals surface area contributed by atoms with Gasteiger partial charge in [-0.2, -0.15) is 0 Å². The van der Waals surface area contributed by atoms with Crippen molar-refractivity contribution in [2.45, 2.75) is 0 Å². The summed E-state index contributed by atoms with van der Waals surface area (Å²) in [5.41, 5.74) is 1.81. The average Bonchev–Trinajstić information content (AvgIpc) is 3.32. The first kappa shape index (κ1) is 17.0. The van der Waals surface area contributed by atoms with Crippen LogP contribution in [0.4, 0.5) is 5.13 Å². The highest BCUT2D eigenvalue weighted by molar-refractivity contribution is 7.14. The monoisotopic (exact) mass is 377 g/mol. The molecule has 0 bridgehead atoms. The summed E-state index contributed by atoms with van der Waals surface area (Å²) in [7, 11) is 1.47. The van der Waals surface area contributed by atoms with Gasteiger partial charge >= 0.3 is 0 Å². The third-order valence-corrected chi connectivity index (χ3v) is 4.77. The maximum atomic E-state index is 13.0. The van der Waals surface area contributed by atoms with E-state index < -0.39 is 0 Å². The van der Waals surface area contributed by atoms with E-state index in [0.29, 0.717) is 22.3 Å². The van der Waals surface area contributed by atoms with Crippen LogP contribution < -0.4 is 9.64 Å². The molecule has 1 N–H and O–H groups in total. The number of rotatable bonds is 4. The maximum absolute atomic E-state index is 13.0. The normalized spacial score (nSPS) is 15.3. The van der Waals surface area contributed by atoms with Crippen LogP contribution in [0.15, 0.2) is 70.8 Å². The lowest BCUT2D eigenvalue weighted by Crippen LogP contribution is -2.32. The molecule has 0 saturated heterocycles. The van der Waals surface area contributed by atoms with Gasteiger partial charge in [-0.3, -0.25) is 4.79 Å². The Bertz CT molecular complexity index is 1040. The van der Waals surface area contributed by atoms with Crippen LogP contribution in [0.1, 0.15) is 11.1 Å². The quantitative estimate of drug-likeness (QED) is 0.704. The molecular weight excluding hydrogens is 362 g/mol. The molecule has 0 unspecified atom stereocenters. The van der Waals surface area contributed by atoms with Crippen molar-refractivity contribution >= 4 is 34.3 Å². The fourth-order valence-corrected chi connectivity index (χ4v) is 3.38. The second kappa shape index (κ2) is 7.05. The van der Waals surface area contributed by atoms with E-state index in [1.807, 2.05) is 35.7 Å². The fraction of sp³-hybridized carbons (Fsp3) is 0.0500. The predicted molar refractivity (Wildman–Crippen MR) is 105 cm³/mol. The SMILES string of the molecule is COc1cc(/C=C2/N=C(c3ccccc3)N(c3nccs3)C2=O)ccc1O. The number of hydrogen-bond donors (Lipinski definition) is 1. The zero-order valence-corrected chi connectivity index (χ0v) is 15.2. The number of amidine groups is 1. The predicted octanol–water partition coefficient (Wildman–Crippen LogP) is 3.69. The molecule has 0 saturated carbocycles. The van der Waals surface area contributed by atoms with E-state index in [-0.39, 0.29) is 17.4 Å². The molecule has 1 amide bonds. The minimum absolute atomic E-state index is 0.0373. The van der Waals surface area contributed by atoms with Gasteiger partial charge in [0.15, 0.2) is 16.6 Å². The smallest absolute Gasteiger partial charge is 0.284 e. The van der Waals surface area contributed by atoms with Gasteiger partial charge in [0.05, 0.1) is 7.11 Å². The minimum atomic E-state index is -0.254. The molecule has 4 rings (SSSR count). The van der Waals surface area contributed by atoms with Gasteiger partial charge in [-0.05, 0) is 23.8 Å². The molecule has 2 aromatic carbocycles. The number of phenolic OH excluding ortho intramolecular Hbond substituents is 1. The number of carbonyl (C=O) groups excluding carboxylic acids is 1. The second-order valence-electron chi connectivity index (χ2n) is 5.72. The fourth-order valence-electron chi connectivity index (χ4n) is 2.74. The summed E-state index contributed by atoms with van der Waals surface area (Å²) in [5.74, 6) is 0.650. The van der Waals surface area contributed by atoms with Gasteiger partial charge in [-0.1, -0.05) is 36.4 Å². The highest BCUT2D eigenvalue weighted by Crippen LogP contribution is 2.31. The van der Waals surface area contributed by atoms with E-state index in [1.165, 1.54) is 29.4 Å². The van der Waals surface area contributed by atoms with Crippen molar-refractivity contribution in [2.75, 3.05) is 12.0 Å². The van der Waals surface area contributed by atoms with E-state index in [4.69, 9.17) is 4.74 Å². The van der Waals surface area contributed by atoms with Crippen LogP contribution in [0.5, 0.6) is 11.5 Å². The van der Waals surface area contributed by atoms with E-state index in [1.54, 1.807) is 24.4 Å². The van der Waals surface area contributed by atoms with Crippen LogP contribution in [-0.4, -0.2) is 28.9 Å². The van der Waals surface area contributed by atoms with E-state index in [9.17, 15) is 9.90 Å². The summed E-state index contributed by atoms with van der Waals surface area (Å²) in [5, 5.41) is 12.1. The number of aromatic nitrogens is 1. The lowest BCUT2D eigenvalue weighted by molar-refractivity contribution is -0.113. The molecule has 6 nitrogen and oxygen atoms in total. The molecule has 0 aliphatic carbocycles. The summed E-state index contributed by atoms with van der Waals surface area (Å²) in [6, 6.07) is 14.4. The number of amides is 1. The second-order valence-corrected chi connectivity index (χ2v) is 6.59. The van der Waals surface area contributed by atoms with Gasteiger partial charge in [0.2, 0.25) is 0 Å². The molecular formula is C20H15N3O3S. The molecule has 0 radical (unpaired) electrons. The summed E-state index contributed by atoms with van der Waals surface area (Å²) < 4.78 is 5.13. The van der Waals surface area contributed by atoms with Gasteiger partial charge in [0.25, 0.3) is 5.91 Å². The van der Waals surface area contributed by atoms with Crippen LogP contribution in [0.25, 0.3) is 6.08 Å². The molecule has 0 atom stereocenters. The first-order chi connectivity index (χ1) is 13.2. The molecule has 134 valence electrons. The van der Waals surface area contributed by atoms with Gasteiger partial charge in [-0.15, -0.1) is 11.3 Å². The topological polar surface area (TPSA) is 75.0 Å². The Morgan fingerprint density at radius 2 is 2.00 bits per heavy atom. The Morgan fingerprint density at radius 1 is 1.19 bits per heavy atom. The van der Waals surface area contributed by atoms with Crippen molar-refractivity contribution in [3.8, 4) is 11.5 Å². The lowest BCUT2D eigenvalue weighted by Gasteiger charge is -2.14. The summed E-state index contributed by atoms with van der Waals surface area (Å²) in [4.78, 5) is 23.4. The van der Waals surface area contributed by atoms with E-state index in [0.717, 1.165) is 5.56 Å². The van der Waals surface area contributed by atoms with Crippen molar-refractivity contribution in [1.29, 1.82) is 0 Å². The largest absolute Gasteiger partial charge is 0.504 e. The van der Waals surface area contributed by atoms with Gasteiger partial charge in [0.1, 0.15) is 11.5 Å². The van der Waals surface area contributed by atoms with Crippen molar-refractivity contribution in [1.82, 2.24) is 4.98 Å². The van der Waals surface area contributed by atoms with Gasteiger partial charge in [-0.25, -0.2) is 14.9 Å². The number of ether oxygens (including phenoxy) is 1. The Hall–Kier alpha value is -3.45. The number of nitrogens with zero attached hydrogens (tertiary/aromatic N) is 3. The van der Waals surface area contributed by atoms with Crippen molar-refractivity contribution in [3.05, 3.63) is 76.9 Å². The highest BCUT2D eigenvalue weighted by atomic mass is 32.1. The van der Waals surface area contributed by atoms with Gasteiger partial charge in [0, 0.05) is 17.1 Å². The lowest BCUT2D eigenvalue weighted by atomic mass is 10.1. The summed E-state index contributed by atoms with van der Waals surface area (Å²) >= 11 is 1.37. The molecule has 0 fully saturated rings. The standard InChI is InChI=1S/C20H15N3O3S/c1-26-17-12-13(7-8-16(17)24)11-15-19(25)23(20-21-9-10-27-20)18(22-15)14-5-3-2-4-6-14/h2-12,24H,1H3/b15-11+. The Kier molecular flexibility index (Phi) is 4.43. The van der Waals surface area contributed by atoms with Crippen LogP contribution >= 0.6 is 11.3 Å². The van der Waals surface area contributed by atoms with Crippen LogP contribution in [-0.2, 0) is 4.79 Å². The molecule has 27 heavy (non-hydrogen) atoms. The van der Waals surface area contributed by atoms with E-state index in [2.05, 4.69) is 9.98 Å². The third kappa shape index (κ3) is 3.20. The number of carbonyl (C=O) groups is 1. The van der Waals surface area contributed by atoms with Crippen LogP contribution in [0, 0.1) is 0 Å². The summed E-state index contributed by atoms with van der Waals surface area (Å²) in [6.07, 6.45) is 3.32. The Morgan fingerprint density at radius 3 is 2.70 bits per heavy atom. The highest BCUT2D eigenvalue weighted by Gasteiger charge is 2.33. The molecule has 1 aliphatic rings.